The molecule has 2 rings (SSSR count). The van der Waals surface area contributed by atoms with E-state index in [-0.39, 0.29) is 106 Å². The van der Waals surface area contributed by atoms with Crippen LogP contribution in [-0.4, -0.2) is 89.5 Å². The molecule has 0 bridgehead atoms. The molecule has 0 saturated heterocycles. The zero-order valence-electron chi connectivity index (χ0n) is 31.3. The van der Waals surface area contributed by atoms with Gasteiger partial charge in [0.05, 0.1) is 40.7 Å². The number of unbranched alkanes of at least 4 members (excludes halogenated alkanes) is 3. The van der Waals surface area contributed by atoms with Crippen LogP contribution in [0.2, 0.25) is 0 Å². The number of aliphatic carboxylic acids is 1. The van der Waals surface area contributed by atoms with Crippen LogP contribution in [0.1, 0.15) is 91.3 Å². The fourth-order valence-corrected chi connectivity index (χ4v) is 7.32. The Morgan fingerprint density at radius 3 is 1.93 bits per heavy atom. The van der Waals surface area contributed by atoms with Crippen molar-refractivity contribution in [1.29, 1.82) is 0 Å². The Morgan fingerprint density at radius 2 is 1.26 bits per heavy atom. The van der Waals surface area contributed by atoms with Gasteiger partial charge in [0.25, 0.3) is 20.4 Å². The Kier molecular flexibility index (Phi) is 24.5. The van der Waals surface area contributed by atoms with Crippen molar-refractivity contribution in [3.8, 4) is 11.5 Å². The van der Waals surface area contributed by atoms with Crippen LogP contribution in [-0.2, 0) is 32.9 Å². The summed E-state index contributed by atoms with van der Waals surface area (Å²) < 4.78 is 45.9. The van der Waals surface area contributed by atoms with Crippen LogP contribution < -0.4 is 35.6 Å². The van der Waals surface area contributed by atoms with Gasteiger partial charge < -0.3 is 35.0 Å². The summed E-state index contributed by atoms with van der Waals surface area (Å²) in [6.45, 7) is 1.66. The molecule has 2 unspecified atom stereocenters. The van der Waals surface area contributed by atoms with Gasteiger partial charge in [0.15, 0.2) is 28.4 Å². The molecule has 0 aliphatic rings. The van der Waals surface area contributed by atoms with Crippen molar-refractivity contribution in [2.45, 2.75) is 70.6 Å². The Balaban J connectivity index is 1.87. The molecule has 0 heterocycles. The predicted octanol–water partition coefficient (Wildman–Crippen LogP) is 4.37. The molecule has 0 aromatic heterocycles. The molecule has 2 aromatic rings. The normalized spacial score (nSPS) is 10.8. The van der Waals surface area contributed by atoms with Gasteiger partial charge in [-0.1, -0.05) is 12.1 Å². The highest BCUT2D eigenvalue weighted by molar-refractivity contribution is 7.42. The van der Waals surface area contributed by atoms with E-state index in [1.54, 1.807) is 29.2 Å². The lowest BCUT2D eigenvalue weighted by Crippen LogP contribution is -2.36. The summed E-state index contributed by atoms with van der Waals surface area (Å²) in [6.07, 6.45) is 3.06. The first-order valence-electron chi connectivity index (χ1n) is 18.1. The Labute approximate surface area is 340 Å². The van der Waals surface area contributed by atoms with E-state index in [1.807, 2.05) is 0 Å². The molecular formula is C35H48N5O12P5. The van der Waals surface area contributed by atoms with E-state index in [2.05, 4.69) is 34.9 Å². The monoisotopic (exact) mass is 885 g/mol. The van der Waals surface area contributed by atoms with Crippen molar-refractivity contribution < 1.29 is 56.6 Å². The first-order valence-corrected chi connectivity index (χ1v) is 21.5. The number of carboxylic acids is 1. The molecule has 0 aliphatic heterocycles. The van der Waals surface area contributed by atoms with Gasteiger partial charge in [0.1, 0.15) is 0 Å². The second-order valence-corrected chi connectivity index (χ2v) is 14.8. The number of carbonyl (C=O) groups excluding carboxylic acids is 5. The summed E-state index contributed by atoms with van der Waals surface area (Å²) in [7, 11) is 2.93. The van der Waals surface area contributed by atoms with Crippen molar-refractivity contribution in [3.63, 3.8) is 0 Å². The highest BCUT2D eigenvalue weighted by Crippen LogP contribution is 2.33. The number of amides is 5. The molecule has 2 aromatic carbocycles. The maximum absolute atomic E-state index is 13.3. The predicted molar refractivity (Wildman–Crippen MR) is 220 cm³/mol. The van der Waals surface area contributed by atoms with Gasteiger partial charge in [0.2, 0.25) is 17.7 Å². The lowest BCUT2D eigenvalue weighted by molar-refractivity contribution is -0.137. The largest absolute Gasteiger partial charge is 0.481 e. The maximum Gasteiger partial charge on any atom is 0.303 e. The molecule has 2 atom stereocenters. The van der Waals surface area contributed by atoms with Gasteiger partial charge in [-0.15, -0.1) is 0 Å². The average Bonchev–Trinajstić information content (AvgIpc) is 3.21. The van der Waals surface area contributed by atoms with Crippen molar-refractivity contribution in [3.05, 3.63) is 47.5 Å². The molecule has 5 amide bonds. The minimum atomic E-state index is -1.00. The third kappa shape index (κ3) is 18.0. The SMILES string of the molecule is O=Pc1cccc(C(=O)NCCCCN(CCCNC(=O)c2cccc(OP)c2OP)C(=O)CCC(=O)NCCCCCN(P=O)C(=O)CCCC(=O)O)c1P=O. The number of carboxylic acid groups (broad SMARTS) is 1. The maximum atomic E-state index is 13.3. The van der Waals surface area contributed by atoms with Gasteiger partial charge in [-0.3, -0.25) is 42.6 Å². The highest BCUT2D eigenvalue weighted by Gasteiger charge is 2.19. The summed E-state index contributed by atoms with van der Waals surface area (Å²) in [5.74, 6) is -2.25. The second kappa shape index (κ2) is 28.4. The second-order valence-electron chi connectivity index (χ2n) is 12.4. The topological polar surface area (TPSA) is 235 Å². The van der Waals surface area contributed by atoms with Crippen LogP contribution in [0, 0.1) is 0 Å². The number of rotatable bonds is 29. The molecular weight excluding hydrogens is 837 g/mol. The molecule has 4 N–H and O–H groups in total. The first kappa shape index (κ1) is 49.2. The average molecular weight is 886 g/mol. The van der Waals surface area contributed by atoms with Crippen molar-refractivity contribution >= 4 is 90.6 Å². The van der Waals surface area contributed by atoms with Crippen LogP contribution in [0.4, 0.5) is 0 Å². The standard InChI is InChI=1S/C35H48N5O12P5/c41-28(36-18-2-1-4-23-40(57-50)30(43)14-8-15-31(44)45)16-17-29(42)39(22-9-20-38-34(46)24-10-6-12-26(51-53)32(24)52-54)21-5-3-19-37-35(47)25-11-7-13-27(55-48)33(25)56-49/h6-7,10-13H,1-5,8-9,14-23,53-54H2,(H,36,41)(H,37,47)(H,38,46)(H,44,45). The van der Waals surface area contributed by atoms with E-state index in [9.17, 15) is 42.5 Å². The van der Waals surface area contributed by atoms with Crippen molar-refractivity contribution in [2.75, 3.05) is 39.3 Å². The van der Waals surface area contributed by atoms with E-state index in [1.165, 1.54) is 12.1 Å². The van der Waals surface area contributed by atoms with Crippen LogP contribution in [0.15, 0.2) is 36.4 Å². The lowest BCUT2D eigenvalue weighted by Gasteiger charge is -2.23. The number of nitrogens with one attached hydrogen (secondary N) is 3. The molecule has 0 aliphatic carbocycles. The Hall–Kier alpha value is -3.98. The van der Waals surface area contributed by atoms with Crippen molar-refractivity contribution in [2.24, 2.45) is 0 Å². The van der Waals surface area contributed by atoms with Gasteiger partial charge in [-0.05, 0) is 69.2 Å². The van der Waals surface area contributed by atoms with E-state index < -0.39 is 40.8 Å². The smallest absolute Gasteiger partial charge is 0.303 e. The molecule has 0 spiro atoms. The summed E-state index contributed by atoms with van der Waals surface area (Å²) in [6, 6.07) is 9.43. The Morgan fingerprint density at radius 1 is 0.632 bits per heavy atom. The third-order valence-corrected chi connectivity index (χ3v) is 10.9. The third-order valence-electron chi connectivity index (χ3n) is 8.40. The Bertz CT molecular complexity index is 1720. The molecule has 22 heteroatoms. The zero-order valence-corrected chi connectivity index (χ0v) is 36.3. The van der Waals surface area contributed by atoms with Gasteiger partial charge in [0, 0.05) is 65.0 Å². The van der Waals surface area contributed by atoms with Crippen LogP contribution in [0.3, 0.4) is 0 Å². The van der Waals surface area contributed by atoms with Crippen LogP contribution in [0.25, 0.3) is 0 Å². The first-order chi connectivity index (χ1) is 27.5. The summed E-state index contributed by atoms with van der Waals surface area (Å²) in [4.78, 5) is 75.9. The minimum absolute atomic E-state index is 0.00754. The molecule has 0 fully saturated rings. The van der Waals surface area contributed by atoms with E-state index in [0.29, 0.717) is 57.4 Å². The molecule has 57 heavy (non-hydrogen) atoms. The van der Waals surface area contributed by atoms with Crippen LogP contribution in [0.5, 0.6) is 11.5 Å². The van der Waals surface area contributed by atoms with E-state index >= 15 is 0 Å². The van der Waals surface area contributed by atoms with E-state index in [4.69, 9.17) is 14.2 Å². The number of hydrogen-bond acceptors (Lipinski definition) is 11. The van der Waals surface area contributed by atoms with Crippen LogP contribution >= 0.6 is 44.5 Å². The van der Waals surface area contributed by atoms with Gasteiger partial charge in [-0.2, -0.15) is 0 Å². The molecule has 310 valence electrons. The number of carbonyl (C=O) groups is 6. The fraction of sp³-hybridized carbons (Fsp3) is 0.486. The number of nitrogens with zero attached hydrogens (tertiary/aromatic N) is 2. The molecule has 0 saturated carbocycles. The summed E-state index contributed by atoms with van der Waals surface area (Å²) >= 11 is 0. The van der Waals surface area contributed by atoms with Crippen molar-refractivity contribution in [1.82, 2.24) is 25.5 Å². The summed E-state index contributed by atoms with van der Waals surface area (Å²) in [5, 5.41) is 17.5. The van der Waals surface area contributed by atoms with Gasteiger partial charge in [-0.25, -0.2) is 4.57 Å². The zero-order chi connectivity index (χ0) is 42.0. The van der Waals surface area contributed by atoms with Gasteiger partial charge >= 0.3 is 5.97 Å². The molecule has 17 nitrogen and oxygen atoms in total. The number of hydrogen-bond donors (Lipinski definition) is 4. The number of benzene rings is 2. The fourth-order valence-electron chi connectivity index (χ4n) is 5.44. The quantitative estimate of drug-likeness (QED) is 0.0659. The lowest BCUT2D eigenvalue weighted by atomic mass is 10.1. The molecule has 0 radical (unpaired) electrons. The summed E-state index contributed by atoms with van der Waals surface area (Å²) in [5.41, 5.74) is 0.411. The van der Waals surface area contributed by atoms with E-state index in [0.717, 1.165) is 4.67 Å². The highest BCUT2D eigenvalue weighted by atomic mass is 31.1. The minimum Gasteiger partial charge on any atom is -0.481 e. The number of para-hydroxylation sites is 1.